The largest absolute Gasteiger partial charge is 0.458 e. The minimum atomic E-state index is -0.874. The van der Waals surface area contributed by atoms with E-state index >= 15 is 0 Å². The van der Waals surface area contributed by atoms with E-state index in [4.69, 9.17) is 21.3 Å². The van der Waals surface area contributed by atoms with Crippen molar-refractivity contribution in [2.45, 2.75) is 12.5 Å². The Kier molecular flexibility index (Phi) is 2.63. The fourth-order valence-corrected chi connectivity index (χ4v) is 1.57. The highest BCUT2D eigenvalue weighted by Crippen LogP contribution is 2.27. The maximum absolute atomic E-state index is 9.54. The monoisotopic (exact) mass is 221 g/mol. The second-order valence-electron chi connectivity index (χ2n) is 3.21. The molecule has 4 heteroatoms. The lowest BCUT2D eigenvalue weighted by Crippen LogP contribution is -1.92. The summed E-state index contributed by atoms with van der Waals surface area (Å²) < 4.78 is 5.38. The lowest BCUT2D eigenvalue weighted by Gasteiger charge is -1.99. The molecule has 76 valence electrons. The summed E-state index contributed by atoms with van der Waals surface area (Å²) in [5.41, 5.74) is 0.659. The molecular formula is C11H8ClNO2. The van der Waals surface area contributed by atoms with Crippen LogP contribution in [0.5, 0.6) is 0 Å². The molecular weight excluding hydrogens is 214 g/mol. The zero-order chi connectivity index (χ0) is 10.8. The van der Waals surface area contributed by atoms with Crippen LogP contribution in [0, 0.1) is 11.3 Å². The Bertz CT molecular complexity index is 527. The Morgan fingerprint density at radius 3 is 3.00 bits per heavy atom. The number of rotatable bonds is 2. The fraction of sp³-hybridized carbons (Fsp3) is 0.182. The molecule has 0 fully saturated rings. The number of furan rings is 1. The first-order valence-corrected chi connectivity index (χ1v) is 4.82. The number of benzene rings is 1. The molecule has 0 bridgehead atoms. The predicted molar refractivity (Wildman–Crippen MR) is 56.4 cm³/mol. The number of hydrogen-bond donors (Lipinski definition) is 1. The topological polar surface area (TPSA) is 57.2 Å². The van der Waals surface area contributed by atoms with Gasteiger partial charge in [-0.2, -0.15) is 5.26 Å². The van der Waals surface area contributed by atoms with Crippen LogP contribution in [0.2, 0.25) is 5.02 Å². The number of halogens is 1. The zero-order valence-corrected chi connectivity index (χ0v) is 8.53. The first-order chi connectivity index (χ1) is 7.20. The summed E-state index contributed by atoms with van der Waals surface area (Å²) >= 11 is 5.81. The van der Waals surface area contributed by atoms with E-state index in [1.807, 2.05) is 6.07 Å². The molecule has 2 aromatic rings. The number of aliphatic hydroxyl groups is 1. The van der Waals surface area contributed by atoms with Gasteiger partial charge in [-0.15, -0.1) is 0 Å². The van der Waals surface area contributed by atoms with Gasteiger partial charge < -0.3 is 9.52 Å². The van der Waals surface area contributed by atoms with E-state index in [2.05, 4.69) is 0 Å². The minimum absolute atomic E-state index is 0.0214. The highest BCUT2D eigenvalue weighted by Gasteiger charge is 2.12. The van der Waals surface area contributed by atoms with Crippen LogP contribution in [0.25, 0.3) is 11.0 Å². The average molecular weight is 222 g/mol. The Balaban J connectivity index is 2.43. The molecule has 1 N–H and O–H groups in total. The molecule has 2 rings (SSSR count). The van der Waals surface area contributed by atoms with Crippen molar-refractivity contribution < 1.29 is 9.52 Å². The van der Waals surface area contributed by atoms with Gasteiger partial charge in [-0.1, -0.05) is 11.6 Å². The van der Waals surface area contributed by atoms with Crippen LogP contribution in [0.4, 0.5) is 0 Å². The summed E-state index contributed by atoms with van der Waals surface area (Å²) in [6, 6.07) is 8.79. The van der Waals surface area contributed by atoms with Crippen LogP contribution < -0.4 is 0 Å². The molecule has 1 aromatic carbocycles. The molecule has 15 heavy (non-hydrogen) atoms. The highest BCUT2D eigenvalue weighted by molar-refractivity contribution is 6.31. The van der Waals surface area contributed by atoms with Crippen molar-refractivity contribution in [2.75, 3.05) is 0 Å². The van der Waals surface area contributed by atoms with Crippen LogP contribution in [-0.2, 0) is 0 Å². The molecule has 0 aliphatic rings. The van der Waals surface area contributed by atoms with Gasteiger partial charge >= 0.3 is 0 Å². The molecule has 0 amide bonds. The second-order valence-corrected chi connectivity index (χ2v) is 3.65. The van der Waals surface area contributed by atoms with E-state index in [1.165, 1.54) is 0 Å². The first-order valence-electron chi connectivity index (χ1n) is 4.44. The summed E-state index contributed by atoms with van der Waals surface area (Å²) in [4.78, 5) is 0. The maximum Gasteiger partial charge on any atom is 0.134 e. The van der Waals surface area contributed by atoms with Gasteiger partial charge in [0.2, 0.25) is 0 Å². The van der Waals surface area contributed by atoms with Gasteiger partial charge in [-0.25, -0.2) is 0 Å². The van der Waals surface area contributed by atoms with E-state index in [0.29, 0.717) is 16.4 Å². The second kappa shape index (κ2) is 3.93. The average Bonchev–Trinajstić information content (AvgIpc) is 2.60. The number of hydrogen-bond acceptors (Lipinski definition) is 3. The molecule has 0 aliphatic heterocycles. The van der Waals surface area contributed by atoms with Crippen LogP contribution in [0.15, 0.2) is 28.7 Å². The lowest BCUT2D eigenvalue weighted by atomic mass is 10.2. The van der Waals surface area contributed by atoms with Crippen LogP contribution in [-0.4, -0.2) is 5.11 Å². The third kappa shape index (κ3) is 1.96. The molecule has 0 unspecified atom stereocenters. The van der Waals surface area contributed by atoms with Gasteiger partial charge in [0.25, 0.3) is 0 Å². The molecule has 0 saturated heterocycles. The highest BCUT2D eigenvalue weighted by atomic mass is 35.5. The number of fused-ring (bicyclic) bond motifs is 1. The Morgan fingerprint density at radius 1 is 1.47 bits per heavy atom. The SMILES string of the molecule is N#CC[C@H](O)c1cc2cc(Cl)ccc2o1. The van der Waals surface area contributed by atoms with E-state index in [9.17, 15) is 5.11 Å². The number of aliphatic hydroxyl groups excluding tert-OH is 1. The normalized spacial score (nSPS) is 12.6. The number of nitrogens with zero attached hydrogens (tertiary/aromatic N) is 1. The Hall–Kier alpha value is -1.50. The van der Waals surface area contributed by atoms with E-state index in [-0.39, 0.29) is 6.42 Å². The van der Waals surface area contributed by atoms with Crippen LogP contribution in [0.3, 0.4) is 0 Å². The smallest absolute Gasteiger partial charge is 0.134 e. The van der Waals surface area contributed by atoms with Crippen molar-refractivity contribution in [3.63, 3.8) is 0 Å². The van der Waals surface area contributed by atoms with E-state index in [0.717, 1.165) is 5.39 Å². The van der Waals surface area contributed by atoms with Gasteiger partial charge in [0.05, 0.1) is 12.5 Å². The fourth-order valence-electron chi connectivity index (χ4n) is 1.39. The zero-order valence-electron chi connectivity index (χ0n) is 7.77. The van der Waals surface area contributed by atoms with Gasteiger partial charge in [-0.05, 0) is 24.3 Å². The standard InChI is InChI=1S/C11H8ClNO2/c12-8-1-2-10-7(5-8)6-11(15-10)9(14)3-4-13/h1-2,5-6,9,14H,3H2/t9-/m0/s1. The third-order valence-electron chi connectivity index (χ3n) is 2.11. The minimum Gasteiger partial charge on any atom is -0.458 e. The molecule has 0 saturated carbocycles. The lowest BCUT2D eigenvalue weighted by molar-refractivity contribution is 0.157. The van der Waals surface area contributed by atoms with Gasteiger partial charge in [0.15, 0.2) is 0 Å². The van der Waals surface area contributed by atoms with Gasteiger partial charge in [-0.3, -0.25) is 0 Å². The van der Waals surface area contributed by atoms with Gasteiger partial charge in [0.1, 0.15) is 17.4 Å². The molecule has 1 aromatic heterocycles. The first kappa shape index (κ1) is 10.0. The Labute approximate surface area is 91.5 Å². The maximum atomic E-state index is 9.54. The third-order valence-corrected chi connectivity index (χ3v) is 2.35. The summed E-state index contributed by atoms with van der Waals surface area (Å²) in [5.74, 6) is 0.397. The van der Waals surface area contributed by atoms with Crippen molar-refractivity contribution in [3.05, 3.63) is 35.0 Å². The number of nitriles is 1. The molecule has 0 spiro atoms. The van der Waals surface area contributed by atoms with Crippen molar-refractivity contribution in [3.8, 4) is 6.07 Å². The summed E-state index contributed by atoms with van der Waals surface area (Å²) in [6.45, 7) is 0. The van der Waals surface area contributed by atoms with Crippen LogP contribution >= 0.6 is 11.6 Å². The predicted octanol–water partition coefficient (Wildman–Crippen LogP) is 3.03. The summed E-state index contributed by atoms with van der Waals surface area (Å²) in [7, 11) is 0. The summed E-state index contributed by atoms with van der Waals surface area (Å²) in [5, 5.41) is 19.4. The van der Waals surface area contributed by atoms with Crippen molar-refractivity contribution >= 4 is 22.6 Å². The van der Waals surface area contributed by atoms with Crippen LogP contribution in [0.1, 0.15) is 18.3 Å². The van der Waals surface area contributed by atoms with Crippen molar-refractivity contribution in [1.29, 1.82) is 5.26 Å². The van der Waals surface area contributed by atoms with Crippen molar-refractivity contribution in [1.82, 2.24) is 0 Å². The quantitative estimate of drug-likeness (QED) is 0.848. The molecule has 1 heterocycles. The molecule has 3 nitrogen and oxygen atoms in total. The van der Waals surface area contributed by atoms with Gasteiger partial charge in [0, 0.05) is 10.4 Å². The van der Waals surface area contributed by atoms with E-state index in [1.54, 1.807) is 24.3 Å². The summed E-state index contributed by atoms with van der Waals surface area (Å²) in [6.07, 6.45) is -0.853. The van der Waals surface area contributed by atoms with E-state index < -0.39 is 6.10 Å². The van der Waals surface area contributed by atoms with Crippen molar-refractivity contribution in [2.24, 2.45) is 0 Å². The Morgan fingerprint density at radius 2 is 2.27 bits per heavy atom. The molecule has 0 aliphatic carbocycles. The molecule has 0 radical (unpaired) electrons. The molecule has 1 atom stereocenters.